The zero-order chi connectivity index (χ0) is 16.0. The lowest BCUT2D eigenvalue weighted by Gasteiger charge is -2.15. The molecule has 2 N–H and O–H groups in total. The van der Waals surface area contributed by atoms with Gasteiger partial charge in [-0.1, -0.05) is 13.0 Å². The summed E-state index contributed by atoms with van der Waals surface area (Å²) in [5.41, 5.74) is 0.667. The standard InChI is InChI=1S/C15H20N2O4/c1-4-12(15(20)21)16-13(18)10-7-6-8-11(9-10)14(19)17(3)5-2/h6-9,12H,4-5H2,1-3H3,(H,16,18)(H,20,21). The maximum Gasteiger partial charge on any atom is 0.326 e. The van der Waals surface area contributed by atoms with Crippen molar-refractivity contribution in [1.29, 1.82) is 0 Å². The number of carboxylic acid groups (broad SMARTS) is 1. The first-order valence-corrected chi connectivity index (χ1v) is 6.79. The molecule has 21 heavy (non-hydrogen) atoms. The molecule has 6 heteroatoms. The van der Waals surface area contributed by atoms with Crippen LogP contribution in [-0.2, 0) is 4.79 Å². The van der Waals surface area contributed by atoms with Crippen molar-refractivity contribution in [1.82, 2.24) is 10.2 Å². The van der Waals surface area contributed by atoms with Crippen LogP contribution in [0, 0.1) is 0 Å². The number of benzene rings is 1. The molecule has 6 nitrogen and oxygen atoms in total. The molecular weight excluding hydrogens is 272 g/mol. The van der Waals surface area contributed by atoms with E-state index in [2.05, 4.69) is 5.32 Å². The fraction of sp³-hybridized carbons (Fsp3) is 0.400. The van der Waals surface area contributed by atoms with E-state index in [4.69, 9.17) is 5.11 Å². The van der Waals surface area contributed by atoms with E-state index in [0.717, 1.165) is 0 Å². The predicted molar refractivity (Wildman–Crippen MR) is 78.3 cm³/mol. The van der Waals surface area contributed by atoms with Crippen LogP contribution in [0.4, 0.5) is 0 Å². The van der Waals surface area contributed by atoms with Crippen LogP contribution in [0.15, 0.2) is 24.3 Å². The third-order valence-corrected chi connectivity index (χ3v) is 3.20. The Labute approximate surface area is 123 Å². The van der Waals surface area contributed by atoms with Crippen molar-refractivity contribution < 1.29 is 19.5 Å². The van der Waals surface area contributed by atoms with Gasteiger partial charge >= 0.3 is 5.97 Å². The molecule has 0 aliphatic heterocycles. The van der Waals surface area contributed by atoms with Crippen molar-refractivity contribution >= 4 is 17.8 Å². The summed E-state index contributed by atoms with van der Waals surface area (Å²) in [6.45, 7) is 4.09. The van der Waals surface area contributed by atoms with E-state index < -0.39 is 17.9 Å². The van der Waals surface area contributed by atoms with Gasteiger partial charge in [-0.3, -0.25) is 9.59 Å². The molecule has 0 bridgehead atoms. The minimum atomic E-state index is -1.08. The van der Waals surface area contributed by atoms with E-state index in [1.807, 2.05) is 6.92 Å². The minimum absolute atomic E-state index is 0.183. The Morgan fingerprint density at radius 3 is 2.38 bits per heavy atom. The Balaban J connectivity index is 2.92. The topological polar surface area (TPSA) is 86.7 Å². The van der Waals surface area contributed by atoms with Crippen LogP contribution in [0.3, 0.4) is 0 Å². The second-order valence-corrected chi connectivity index (χ2v) is 4.67. The molecule has 0 aliphatic carbocycles. The number of hydrogen-bond donors (Lipinski definition) is 2. The van der Waals surface area contributed by atoms with Crippen molar-refractivity contribution in [2.45, 2.75) is 26.3 Å². The highest BCUT2D eigenvalue weighted by Crippen LogP contribution is 2.08. The van der Waals surface area contributed by atoms with Crippen LogP contribution in [0.5, 0.6) is 0 Å². The Hall–Kier alpha value is -2.37. The number of nitrogens with zero attached hydrogens (tertiary/aromatic N) is 1. The lowest BCUT2D eigenvalue weighted by Crippen LogP contribution is -2.40. The van der Waals surface area contributed by atoms with Gasteiger partial charge in [0.2, 0.25) is 0 Å². The van der Waals surface area contributed by atoms with E-state index >= 15 is 0 Å². The van der Waals surface area contributed by atoms with Crippen molar-refractivity contribution in [2.24, 2.45) is 0 Å². The predicted octanol–water partition coefficient (Wildman–Crippen LogP) is 1.37. The second-order valence-electron chi connectivity index (χ2n) is 4.67. The fourth-order valence-corrected chi connectivity index (χ4v) is 1.74. The van der Waals surface area contributed by atoms with Gasteiger partial charge in [0.25, 0.3) is 11.8 Å². The quantitative estimate of drug-likeness (QED) is 0.829. The number of carbonyl (C=O) groups excluding carboxylic acids is 2. The SMILES string of the molecule is CCC(NC(=O)c1cccc(C(=O)N(C)CC)c1)C(=O)O. The molecule has 0 saturated carbocycles. The molecule has 0 aliphatic rings. The molecule has 0 saturated heterocycles. The molecular formula is C15H20N2O4. The second kappa shape index (κ2) is 7.42. The number of carbonyl (C=O) groups is 3. The van der Waals surface area contributed by atoms with Crippen LogP contribution >= 0.6 is 0 Å². The van der Waals surface area contributed by atoms with Crippen LogP contribution in [0.25, 0.3) is 0 Å². The summed E-state index contributed by atoms with van der Waals surface area (Å²) in [6.07, 6.45) is 0.290. The number of amides is 2. The summed E-state index contributed by atoms with van der Waals surface area (Å²) in [5, 5.41) is 11.4. The number of aliphatic carboxylic acids is 1. The summed E-state index contributed by atoms with van der Waals surface area (Å²) in [6, 6.07) is 5.31. The molecule has 0 spiro atoms. The van der Waals surface area contributed by atoms with Crippen molar-refractivity contribution in [3.63, 3.8) is 0 Å². The van der Waals surface area contributed by atoms with Gasteiger partial charge in [-0.25, -0.2) is 4.79 Å². The summed E-state index contributed by atoms with van der Waals surface area (Å²) in [7, 11) is 1.67. The van der Waals surface area contributed by atoms with Crippen molar-refractivity contribution in [3.8, 4) is 0 Å². The molecule has 114 valence electrons. The van der Waals surface area contributed by atoms with E-state index in [0.29, 0.717) is 12.1 Å². The maximum absolute atomic E-state index is 12.0. The molecule has 2 amide bonds. The summed E-state index contributed by atoms with van der Waals surface area (Å²) < 4.78 is 0. The Morgan fingerprint density at radius 2 is 1.86 bits per heavy atom. The summed E-state index contributed by atoms with van der Waals surface area (Å²) in [5.74, 6) is -1.76. The molecule has 1 aromatic carbocycles. The van der Waals surface area contributed by atoms with Gasteiger partial charge in [-0.05, 0) is 31.5 Å². The third-order valence-electron chi connectivity index (χ3n) is 3.20. The summed E-state index contributed by atoms with van der Waals surface area (Å²) in [4.78, 5) is 36.5. The lowest BCUT2D eigenvalue weighted by atomic mass is 10.1. The Bertz CT molecular complexity index is 542. The average Bonchev–Trinajstić information content (AvgIpc) is 2.50. The van der Waals surface area contributed by atoms with Gasteiger partial charge in [0, 0.05) is 24.7 Å². The zero-order valence-electron chi connectivity index (χ0n) is 12.4. The highest BCUT2D eigenvalue weighted by atomic mass is 16.4. The van der Waals surface area contributed by atoms with Crippen LogP contribution in [0.2, 0.25) is 0 Å². The molecule has 1 atom stereocenters. The maximum atomic E-state index is 12.0. The van der Waals surface area contributed by atoms with E-state index in [1.54, 1.807) is 32.2 Å². The number of hydrogen-bond acceptors (Lipinski definition) is 3. The first kappa shape index (κ1) is 16.7. The first-order chi connectivity index (χ1) is 9.90. The van der Waals surface area contributed by atoms with Crippen molar-refractivity contribution in [2.75, 3.05) is 13.6 Å². The molecule has 1 unspecified atom stereocenters. The van der Waals surface area contributed by atoms with Gasteiger partial charge in [0.1, 0.15) is 6.04 Å². The van der Waals surface area contributed by atoms with Gasteiger partial charge < -0.3 is 15.3 Å². The third kappa shape index (κ3) is 4.30. The van der Waals surface area contributed by atoms with E-state index in [-0.39, 0.29) is 17.9 Å². The van der Waals surface area contributed by atoms with Crippen LogP contribution in [-0.4, -0.2) is 47.4 Å². The number of carboxylic acids is 1. The van der Waals surface area contributed by atoms with E-state index in [9.17, 15) is 14.4 Å². The highest BCUT2D eigenvalue weighted by Gasteiger charge is 2.19. The Morgan fingerprint density at radius 1 is 1.24 bits per heavy atom. The Kier molecular flexibility index (Phi) is 5.90. The van der Waals surface area contributed by atoms with Crippen LogP contribution < -0.4 is 5.32 Å². The highest BCUT2D eigenvalue weighted by molar-refractivity contribution is 6.00. The fourth-order valence-electron chi connectivity index (χ4n) is 1.74. The largest absolute Gasteiger partial charge is 0.480 e. The molecule has 0 radical (unpaired) electrons. The molecule has 1 aromatic rings. The number of nitrogens with one attached hydrogen (secondary N) is 1. The van der Waals surface area contributed by atoms with Crippen LogP contribution in [0.1, 0.15) is 41.0 Å². The normalized spacial score (nSPS) is 11.6. The number of rotatable bonds is 6. The average molecular weight is 292 g/mol. The van der Waals surface area contributed by atoms with Gasteiger partial charge in [0.05, 0.1) is 0 Å². The monoisotopic (exact) mass is 292 g/mol. The first-order valence-electron chi connectivity index (χ1n) is 6.79. The van der Waals surface area contributed by atoms with Gasteiger partial charge in [-0.15, -0.1) is 0 Å². The zero-order valence-corrected chi connectivity index (χ0v) is 12.4. The summed E-state index contributed by atoms with van der Waals surface area (Å²) >= 11 is 0. The van der Waals surface area contributed by atoms with Gasteiger partial charge in [-0.2, -0.15) is 0 Å². The molecule has 0 aromatic heterocycles. The smallest absolute Gasteiger partial charge is 0.326 e. The van der Waals surface area contributed by atoms with Crippen molar-refractivity contribution in [3.05, 3.63) is 35.4 Å². The van der Waals surface area contributed by atoms with Gasteiger partial charge in [0.15, 0.2) is 0 Å². The molecule has 1 rings (SSSR count). The molecule has 0 fully saturated rings. The minimum Gasteiger partial charge on any atom is -0.480 e. The van der Waals surface area contributed by atoms with E-state index in [1.165, 1.54) is 11.0 Å². The lowest BCUT2D eigenvalue weighted by molar-refractivity contribution is -0.139. The molecule has 0 heterocycles.